The summed E-state index contributed by atoms with van der Waals surface area (Å²) in [5, 5.41) is 4.83. The molecule has 2 nitrogen and oxygen atoms in total. The number of rotatable bonds is 1. The highest BCUT2D eigenvalue weighted by Gasteiger charge is 1.99. The Morgan fingerprint density at radius 2 is 2.56 bits per heavy atom. The topological polar surface area (TPSA) is 17.8 Å². The summed E-state index contributed by atoms with van der Waals surface area (Å²) in [6.07, 6.45) is 1.82. The van der Waals surface area contributed by atoms with Crippen molar-refractivity contribution in [1.29, 1.82) is 0 Å². The minimum absolute atomic E-state index is 0.734. The standard InChI is InChI=1S/C5H6ClIN2/c1-2-9-3-4(6)5(7)8-9/h3H,2H2,1H3. The minimum atomic E-state index is 0.734. The summed E-state index contributed by atoms with van der Waals surface area (Å²) in [5.74, 6) is 0. The lowest BCUT2D eigenvalue weighted by Gasteiger charge is -1.88. The second kappa shape index (κ2) is 2.88. The number of halogens is 2. The molecule has 0 saturated heterocycles. The van der Waals surface area contributed by atoms with E-state index in [2.05, 4.69) is 27.7 Å². The SMILES string of the molecule is CCn1cc(Cl)c(I)n1. The van der Waals surface area contributed by atoms with E-state index in [1.807, 2.05) is 17.8 Å². The van der Waals surface area contributed by atoms with E-state index in [1.54, 1.807) is 0 Å². The maximum absolute atomic E-state index is 5.72. The highest BCUT2D eigenvalue weighted by molar-refractivity contribution is 14.1. The first kappa shape index (κ1) is 7.34. The monoisotopic (exact) mass is 256 g/mol. The lowest BCUT2D eigenvalue weighted by molar-refractivity contribution is 0.655. The zero-order valence-electron chi connectivity index (χ0n) is 4.93. The van der Waals surface area contributed by atoms with Gasteiger partial charge in [0.25, 0.3) is 0 Å². The third-order valence-corrected chi connectivity index (χ3v) is 2.39. The molecule has 0 atom stereocenters. The molecule has 1 rings (SSSR count). The molecule has 0 spiro atoms. The van der Waals surface area contributed by atoms with Crippen molar-refractivity contribution in [2.75, 3.05) is 0 Å². The van der Waals surface area contributed by atoms with Gasteiger partial charge in [0.2, 0.25) is 0 Å². The summed E-state index contributed by atoms with van der Waals surface area (Å²) in [6.45, 7) is 2.90. The molecule has 0 amide bonds. The molecule has 0 unspecified atom stereocenters. The highest BCUT2D eigenvalue weighted by Crippen LogP contribution is 2.14. The van der Waals surface area contributed by atoms with Gasteiger partial charge in [-0.3, -0.25) is 4.68 Å². The first-order chi connectivity index (χ1) is 4.24. The Bertz CT molecular complexity index is 189. The van der Waals surface area contributed by atoms with Crippen molar-refractivity contribution in [1.82, 2.24) is 9.78 Å². The zero-order chi connectivity index (χ0) is 6.85. The van der Waals surface area contributed by atoms with Crippen LogP contribution in [0.3, 0.4) is 0 Å². The summed E-state index contributed by atoms with van der Waals surface area (Å²) >= 11 is 7.82. The highest BCUT2D eigenvalue weighted by atomic mass is 127. The van der Waals surface area contributed by atoms with Crippen LogP contribution in [0, 0.1) is 3.70 Å². The van der Waals surface area contributed by atoms with Crippen molar-refractivity contribution in [3.8, 4) is 0 Å². The van der Waals surface area contributed by atoms with Crippen molar-refractivity contribution in [2.45, 2.75) is 13.5 Å². The number of aromatic nitrogens is 2. The van der Waals surface area contributed by atoms with Crippen LogP contribution in [0.15, 0.2) is 6.20 Å². The molecule has 0 radical (unpaired) electrons. The molecule has 0 bridgehead atoms. The van der Waals surface area contributed by atoms with Crippen LogP contribution in [0.4, 0.5) is 0 Å². The van der Waals surface area contributed by atoms with Crippen LogP contribution in [0.25, 0.3) is 0 Å². The fourth-order valence-corrected chi connectivity index (χ4v) is 1.10. The van der Waals surface area contributed by atoms with Crippen molar-refractivity contribution >= 4 is 34.2 Å². The van der Waals surface area contributed by atoms with Crippen molar-refractivity contribution in [3.63, 3.8) is 0 Å². The Kier molecular flexibility index (Phi) is 2.35. The summed E-state index contributed by atoms with van der Waals surface area (Å²) in [4.78, 5) is 0. The molecule has 4 heteroatoms. The molecule has 1 aromatic rings. The van der Waals surface area contributed by atoms with Gasteiger partial charge in [0, 0.05) is 12.7 Å². The van der Waals surface area contributed by atoms with E-state index in [-0.39, 0.29) is 0 Å². The Hall–Kier alpha value is 0.230. The molecule has 1 aromatic heterocycles. The van der Waals surface area contributed by atoms with Gasteiger partial charge >= 0.3 is 0 Å². The number of hydrogen-bond donors (Lipinski definition) is 0. The Morgan fingerprint density at radius 3 is 2.78 bits per heavy atom. The van der Waals surface area contributed by atoms with E-state index < -0.39 is 0 Å². The molecule has 0 aliphatic rings. The van der Waals surface area contributed by atoms with Crippen molar-refractivity contribution < 1.29 is 0 Å². The van der Waals surface area contributed by atoms with Gasteiger partial charge < -0.3 is 0 Å². The molecule has 0 saturated carbocycles. The Labute approximate surface area is 72.3 Å². The maximum atomic E-state index is 5.72. The van der Waals surface area contributed by atoms with Gasteiger partial charge in [0.1, 0.15) is 3.70 Å². The lowest BCUT2D eigenvalue weighted by Crippen LogP contribution is -1.93. The maximum Gasteiger partial charge on any atom is 0.141 e. The summed E-state index contributed by atoms with van der Waals surface area (Å²) in [5.41, 5.74) is 0. The number of hydrogen-bond acceptors (Lipinski definition) is 1. The molecule has 0 N–H and O–H groups in total. The quantitative estimate of drug-likeness (QED) is 0.704. The summed E-state index contributed by atoms with van der Waals surface area (Å²) in [7, 11) is 0. The molecule has 0 aromatic carbocycles. The number of aryl methyl sites for hydroxylation is 1. The Balaban J connectivity index is 2.98. The van der Waals surface area contributed by atoms with Gasteiger partial charge in [-0.1, -0.05) is 11.6 Å². The smallest absolute Gasteiger partial charge is 0.141 e. The number of nitrogens with zero attached hydrogens (tertiary/aromatic N) is 2. The van der Waals surface area contributed by atoms with E-state index >= 15 is 0 Å². The summed E-state index contributed by atoms with van der Waals surface area (Å²) < 4.78 is 2.68. The predicted octanol–water partition coefficient (Wildman–Crippen LogP) is 2.16. The summed E-state index contributed by atoms with van der Waals surface area (Å²) in [6, 6.07) is 0. The molecule has 50 valence electrons. The molecule has 9 heavy (non-hydrogen) atoms. The van der Waals surface area contributed by atoms with Gasteiger partial charge in [0.05, 0.1) is 5.02 Å². The normalized spacial score (nSPS) is 10.1. The van der Waals surface area contributed by atoms with Crippen LogP contribution in [0.1, 0.15) is 6.92 Å². The molecular weight excluding hydrogens is 250 g/mol. The first-order valence-corrected chi connectivity index (χ1v) is 4.08. The van der Waals surface area contributed by atoms with E-state index in [1.165, 1.54) is 0 Å². The molecule has 0 aliphatic heterocycles. The van der Waals surface area contributed by atoms with Gasteiger partial charge in [-0.2, -0.15) is 5.10 Å². The van der Waals surface area contributed by atoms with E-state index in [0.29, 0.717) is 0 Å². The molecule has 0 fully saturated rings. The average Bonchev–Trinajstić information content (AvgIpc) is 2.13. The molecule has 1 heterocycles. The van der Waals surface area contributed by atoms with Crippen LogP contribution in [-0.4, -0.2) is 9.78 Å². The second-order valence-corrected chi connectivity index (χ2v) is 3.05. The second-order valence-electron chi connectivity index (χ2n) is 1.62. The van der Waals surface area contributed by atoms with Crippen molar-refractivity contribution in [2.24, 2.45) is 0 Å². The third kappa shape index (κ3) is 1.58. The third-order valence-electron chi connectivity index (χ3n) is 1.000. The molecule has 0 aliphatic carbocycles. The van der Waals surface area contributed by atoms with Gasteiger partial charge in [-0.25, -0.2) is 0 Å². The molecular formula is C5H6ClIN2. The van der Waals surface area contributed by atoms with Crippen LogP contribution >= 0.6 is 34.2 Å². The fraction of sp³-hybridized carbons (Fsp3) is 0.400. The lowest BCUT2D eigenvalue weighted by atomic mass is 10.7. The van der Waals surface area contributed by atoms with Gasteiger partial charge in [-0.15, -0.1) is 0 Å². The van der Waals surface area contributed by atoms with Gasteiger partial charge in [-0.05, 0) is 29.5 Å². The van der Waals surface area contributed by atoms with Crippen LogP contribution in [0.2, 0.25) is 5.02 Å². The van der Waals surface area contributed by atoms with Crippen LogP contribution in [-0.2, 0) is 6.54 Å². The largest absolute Gasteiger partial charge is 0.270 e. The average molecular weight is 256 g/mol. The van der Waals surface area contributed by atoms with E-state index in [9.17, 15) is 0 Å². The van der Waals surface area contributed by atoms with Crippen LogP contribution < -0.4 is 0 Å². The predicted molar refractivity (Wildman–Crippen MR) is 45.6 cm³/mol. The Morgan fingerprint density at radius 1 is 1.89 bits per heavy atom. The minimum Gasteiger partial charge on any atom is -0.270 e. The van der Waals surface area contributed by atoms with Crippen molar-refractivity contribution in [3.05, 3.63) is 14.9 Å². The zero-order valence-corrected chi connectivity index (χ0v) is 7.85. The fourth-order valence-electron chi connectivity index (χ4n) is 0.536. The van der Waals surface area contributed by atoms with Gasteiger partial charge in [0.15, 0.2) is 0 Å². The van der Waals surface area contributed by atoms with E-state index in [0.717, 1.165) is 15.3 Å². The first-order valence-electron chi connectivity index (χ1n) is 2.62. The van der Waals surface area contributed by atoms with E-state index in [4.69, 9.17) is 11.6 Å². The van der Waals surface area contributed by atoms with Crippen LogP contribution in [0.5, 0.6) is 0 Å².